The molecule has 1 unspecified atom stereocenters. The Balaban J connectivity index is 2.34. The fourth-order valence-corrected chi connectivity index (χ4v) is 2.27. The van der Waals surface area contributed by atoms with E-state index in [1.165, 1.54) is 0 Å². The van der Waals surface area contributed by atoms with Crippen LogP contribution in [0.25, 0.3) is 0 Å². The molecule has 3 N–H and O–H groups in total. The predicted octanol–water partition coefficient (Wildman–Crippen LogP) is 0.797. The Morgan fingerprint density at radius 3 is 2.29 bits per heavy atom. The van der Waals surface area contributed by atoms with E-state index in [1.54, 1.807) is 4.90 Å². The number of piperidine rings is 1. The van der Waals surface area contributed by atoms with E-state index in [-0.39, 0.29) is 24.8 Å². The number of urea groups is 1. The van der Waals surface area contributed by atoms with Crippen molar-refractivity contribution < 1.29 is 19.5 Å². The molecule has 7 heteroatoms. The van der Waals surface area contributed by atoms with Crippen LogP contribution in [0.2, 0.25) is 0 Å². The molecule has 0 aromatic heterocycles. The summed E-state index contributed by atoms with van der Waals surface area (Å²) < 4.78 is 0. The Hall–Kier alpha value is -1.79. The molecule has 7 nitrogen and oxygen atoms in total. The molecule has 1 aliphatic heterocycles. The van der Waals surface area contributed by atoms with Gasteiger partial charge in [0.25, 0.3) is 0 Å². The van der Waals surface area contributed by atoms with E-state index in [2.05, 4.69) is 10.6 Å². The molecule has 120 valence electrons. The SMILES string of the molecule is CC(C)C(CC(=O)O)NC(=O)NCC(=O)N1CCCCC1. The highest BCUT2D eigenvalue weighted by Crippen LogP contribution is 2.08. The second-order valence-electron chi connectivity index (χ2n) is 5.72. The molecule has 0 saturated carbocycles. The van der Waals surface area contributed by atoms with Crippen molar-refractivity contribution in [1.82, 2.24) is 15.5 Å². The van der Waals surface area contributed by atoms with E-state index >= 15 is 0 Å². The molecule has 1 fully saturated rings. The van der Waals surface area contributed by atoms with Crippen LogP contribution >= 0.6 is 0 Å². The Morgan fingerprint density at radius 1 is 1.14 bits per heavy atom. The van der Waals surface area contributed by atoms with Crippen LogP contribution < -0.4 is 10.6 Å². The molecular formula is C14H25N3O4. The van der Waals surface area contributed by atoms with E-state index in [0.717, 1.165) is 32.4 Å². The third kappa shape index (κ3) is 6.46. The topological polar surface area (TPSA) is 98.7 Å². The summed E-state index contributed by atoms with van der Waals surface area (Å²) >= 11 is 0. The highest BCUT2D eigenvalue weighted by molar-refractivity contribution is 5.84. The van der Waals surface area contributed by atoms with Crippen molar-refractivity contribution in [3.63, 3.8) is 0 Å². The smallest absolute Gasteiger partial charge is 0.315 e. The number of amides is 3. The third-order valence-corrected chi connectivity index (χ3v) is 3.62. The lowest BCUT2D eigenvalue weighted by Gasteiger charge is -2.27. The van der Waals surface area contributed by atoms with Gasteiger partial charge in [-0.2, -0.15) is 0 Å². The van der Waals surface area contributed by atoms with Gasteiger partial charge in [-0.05, 0) is 25.2 Å². The maximum absolute atomic E-state index is 11.9. The van der Waals surface area contributed by atoms with Gasteiger partial charge in [0, 0.05) is 19.1 Å². The van der Waals surface area contributed by atoms with E-state index in [4.69, 9.17) is 5.11 Å². The minimum Gasteiger partial charge on any atom is -0.481 e. The summed E-state index contributed by atoms with van der Waals surface area (Å²) in [5.74, 6) is -1.05. The van der Waals surface area contributed by atoms with Crippen LogP contribution in [0.5, 0.6) is 0 Å². The Kier molecular flexibility index (Phi) is 6.98. The Labute approximate surface area is 125 Å². The molecule has 1 aliphatic rings. The second kappa shape index (κ2) is 8.49. The van der Waals surface area contributed by atoms with Crippen LogP contribution in [0.15, 0.2) is 0 Å². The first-order valence-electron chi connectivity index (χ1n) is 7.44. The first-order chi connectivity index (χ1) is 9.90. The monoisotopic (exact) mass is 299 g/mol. The molecule has 21 heavy (non-hydrogen) atoms. The summed E-state index contributed by atoms with van der Waals surface area (Å²) in [5.41, 5.74) is 0. The van der Waals surface area contributed by atoms with Crippen LogP contribution in [0, 0.1) is 5.92 Å². The molecule has 1 atom stereocenters. The number of carbonyl (C=O) groups excluding carboxylic acids is 2. The lowest BCUT2D eigenvalue weighted by atomic mass is 10.0. The Bertz CT molecular complexity index is 378. The zero-order valence-electron chi connectivity index (χ0n) is 12.7. The van der Waals surface area contributed by atoms with Crippen molar-refractivity contribution in [2.45, 2.75) is 45.6 Å². The molecule has 3 amide bonds. The summed E-state index contributed by atoms with van der Waals surface area (Å²) in [6, 6.07) is -0.951. The van der Waals surface area contributed by atoms with Gasteiger partial charge in [0.15, 0.2) is 0 Å². The van der Waals surface area contributed by atoms with Gasteiger partial charge in [0.2, 0.25) is 5.91 Å². The van der Waals surface area contributed by atoms with Crippen molar-refractivity contribution in [3.8, 4) is 0 Å². The van der Waals surface area contributed by atoms with Gasteiger partial charge < -0.3 is 20.6 Å². The highest BCUT2D eigenvalue weighted by atomic mass is 16.4. The number of carboxylic acid groups (broad SMARTS) is 1. The minimum absolute atomic E-state index is 0.00430. The zero-order valence-corrected chi connectivity index (χ0v) is 12.7. The van der Waals surface area contributed by atoms with Crippen molar-refractivity contribution in [2.24, 2.45) is 5.92 Å². The van der Waals surface area contributed by atoms with E-state index in [1.807, 2.05) is 13.8 Å². The molecule has 0 bridgehead atoms. The maximum Gasteiger partial charge on any atom is 0.315 e. The van der Waals surface area contributed by atoms with Gasteiger partial charge in [-0.3, -0.25) is 9.59 Å². The predicted molar refractivity (Wildman–Crippen MR) is 77.8 cm³/mol. The number of hydrogen-bond acceptors (Lipinski definition) is 3. The third-order valence-electron chi connectivity index (χ3n) is 3.62. The van der Waals surface area contributed by atoms with Crippen LogP contribution in [0.3, 0.4) is 0 Å². The summed E-state index contributed by atoms with van der Waals surface area (Å²) in [7, 11) is 0. The van der Waals surface area contributed by atoms with Crippen LogP contribution in [0.1, 0.15) is 39.5 Å². The zero-order chi connectivity index (χ0) is 15.8. The molecule has 0 spiro atoms. The minimum atomic E-state index is -0.960. The average Bonchev–Trinajstić information content (AvgIpc) is 2.44. The maximum atomic E-state index is 11.9. The van der Waals surface area contributed by atoms with Crippen LogP contribution in [-0.2, 0) is 9.59 Å². The van der Waals surface area contributed by atoms with Crippen LogP contribution in [0.4, 0.5) is 4.79 Å². The summed E-state index contributed by atoms with van der Waals surface area (Å²) in [5, 5.41) is 13.9. The number of nitrogens with one attached hydrogen (secondary N) is 2. The molecule has 1 rings (SSSR count). The quantitative estimate of drug-likeness (QED) is 0.675. The number of rotatable bonds is 6. The number of carbonyl (C=O) groups is 3. The fourth-order valence-electron chi connectivity index (χ4n) is 2.27. The lowest BCUT2D eigenvalue weighted by molar-refractivity contribution is -0.137. The molecule has 0 aliphatic carbocycles. The summed E-state index contributed by atoms with van der Waals surface area (Å²) in [4.78, 5) is 36.1. The second-order valence-corrected chi connectivity index (χ2v) is 5.72. The Morgan fingerprint density at radius 2 is 1.76 bits per heavy atom. The fraction of sp³-hybridized carbons (Fsp3) is 0.786. The number of hydrogen-bond donors (Lipinski definition) is 3. The molecular weight excluding hydrogens is 274 g/mol. The average molecular weight is 299 g/mol. The van der Waals surface area contributed by atoms with Crippen molar-refractivity contribution in [2.75, 3.05) is 19.6 Å². The lowest BCUT2D eigenvalue weighted by Crippen LogP contribution is -2.49. The van der Waals surface area contributed by atoms with Gasteiger partial charge in [0.1, 0.15) is 0 Å². The first-order valence-corrected chi connectivity index (χ1v) is 7.44. The van der Waals surface area contributed by atoms with Crippen molar-refractivity contribution in [3.05, 3.63) is 0 Å². The molecule has 1 heterocycles. The summed E-state index contributed by atoms with van der Waals surface area (Å²) in [6.45, 7) is 5.12. The van der Waals surface area contributed by atoms with Gasteiger partial charge in [0.05, 0.1) is 13.0 Å². The van der Waals surface area contributed by atoms with Crippen LogP contribution in [-0.4, -0.2) is 53.6 Å². The largest absolute Gasteiger partial charge is 0.481 e. The number of likely N-dealkylation sites (tertiary alicyclic amines) is 1. The van der Waals surface area contributed by atoms with Gasteiger partial charge >= 0.3 is 12.0 Å². The number of nitrogens with zero attached hydrogens (tertiary/aromatic N) is 1. The molecule has 0 aromatic carbocycles. The normalized spacial score (nSPS) is 16.4. The number of aliphatic carboxylic acids is 1. The van der Waals surface area contributed by atoms with Gasteiger partial charge in [-0.1, -0.05) is 13.8 Å². The molecule has 1 saturated heterocycles. The standard InChI is InChI=1S/C14H25N3O4/c1-10(2)11(8-13(19)20)16-14(21)15-9-12(18)17-6-4-3-5-7-17/h10-11H,3-9H2,1-2H3,(H,19,20)(H2,15,16,21). The van der Waals surface area contributed by atoms with Gasteiger partial charge in [-0.15, -0.1) is 0 Å². The first kappa shape index (κ1) is 17.3. The molecule has 0 aromatic rings. The number of carboxylic acids is 1. The van der Waals surface area contributed by atoms with Gasteiger partial charge in [-0.25, -0.2) is 4.79 Å². The van der Waals surface area contributed by atoms with Crippen molar-refractivity contribution in [1.29, 1.82) is 0 Å². The van der Waals surface area contributed by atoms with E-state index in [9.17, 15) is 14.4 Å². The van der Waals surface area contributed by atoms with Crippen molar-refractivity contribution >= 4 is 17.9 Å². The molecule has 0 radical (unpaired) electrons. The van der Waals surface area contributed by atoms with E-state index < -0.39 is 18.0 Å². The highest BCUT2D eigenvalue weighted by Gasteiger charge is 2.21. The van der Waals surface area contributed by atoms with E-state index in [0.29, 0.717) is 0 Å². The summed E-state index contributed by atoms with van der Waals surface area (Å²) in [6.07, 6.45) is 3.02.